The van der Waals surface area contributed by atoms with Crippen LogP contribution in [0.25, 0.3) is 0 Å². The molecule has 1 N–H and O–H groups in total. The Morgan fingerprint density at radius 2 is 1.75 bits per heavy atom. The average molecular weight is 192 g/mol. The van der Waals surface area contributed by atoms with Gasteiger partial charge in [-0.15, -0.1) is 0 Å². The van der Waals surface area contributed by atoms with Crippen LogP contribution in [0.15, 0.2) is 0 Å². The van der Waals surface area contributed by atoms with Crippen LogP contribution in [0.3, 0.4) is 0 Å². The normalized spacial score (nSPS) is 10.3. The molecule has 0 radical (unpaired) electrons. The van der Waals surface area contributed by atoms with Gasteiger partial charge in [-0.2, -0.15) is 8.78 Å². The Labute approximate surface area is 65.9 Å². The molecule has 0 aromatic heterocycles. The molecule has 0 aliphatic rings. The van der Waals surface area contributed by atoms with Gasteiger partial charge in [0.15, 0.2) is 0 Å². The maximum atomic E-state index is 11.7. The van der Waals surface area contributed by atoms with Gasteiger partial charge in [-0.3, -0.25) is 0 Å². The molecule has 12 heavy (non-hydrogen) atoms. The zero-order chi connectivity index (χ0) is 10.4. The highest BCUT2D eigenvalue weighted by atomic mass is 19.3. The second-order valence-corrected chi connectivity index (χ2v) is 1.42. The number of esters is 1. The molecule has 0 aliphatic carbocycles. The van der Waals surface area contributed by atoms with E-state index in [-0.39, 0.29) is 0 Å². The number of rotatable bonds is 2. The van der Waals surface area contributed by atoms with Crippen LogP contribution in [-0.4, -0.2) is 37.6 Å². The summed E-state index contributed by atoms with van der Waals surface area (Å²) in [6, 6.07) is 0. The highest BCUT2D eigenvalue weighted by Gasteiger charge is 2.50. The third-order valence-corrected chi connectivity index (χ3v) is 0.732. The molecule has 7 heteroatoms. The lowest BCUT2D eigenvalue weighted by molar-refractivity contribution is -0.191. The van der Waals surface area contributed by atoms with Gasteiger partial charge in [-0.25, -0.2) is 13.6 Å². The molecule has 0 aromatic rings. The molecule has 0 saturated carbocycles. The van der Waals surface area contributed by atoms with E-state index in [9.17, 15) is 22.4 Å². The lowest BCUT2D eigenvalue weighted by Gasteiger charge is -2.10. The van der Waals surface area contributed by atoms with Crippen LogP contribution in [0.5, 0.6) is 0 Å². The van der Waals surface area contributed by atoms with Crippen molar-refractivity contribution in [1.82, 2.24) is 0 Å². The van der Waals surface area contributed by atoms with Crippen LogP contribution in [0.2, 0.25) is 0 Å². The minimum Gasteiger partial charge on any atom is -0.464 e. The Hall–Kier alpha value is -0.850. The van der Waals surface area contributed by atoms with Gasteiger partial charge in [0, 0.05) is 7.11 Å². The number of carbonyl (C=O) groups is 1. The van der Waals surface area contributed by atoms with Crippen molar-refractivity contribution in [2.24, 2.45) is 0 Å². The fraction of sp³-hybridized carbons (Fsp3) is 0.800. The number of methoxy groups -OCH3 is 1. The van der Waals surface area contributed by atoms with Gasteiger partial charge >= 0.3 is 18.3 Å². The number of ether oxygens (including phenoxy) is 1. The summed E-state index contributed by atoms with van der Waals surface area (Å²) in [5.74, 6) is -6.91. The van der Waals surface area contributed by atoms with Crippen LogP contribution in [0.4, 0.5) is 17.6 Å². The molecule has 0 aliphatic heterocycles. The van der Waals surface area contributed by atoms with Gasteiger partial charge < -0.3 is 9.84 Å². The molecule has 0 saturated heterocycles. The molecule has 0 bridgehead atoms. The summed E-state index contributed by atoms with van der Waals surface area (Å²) >= 11 is 0. The van der Waals surface area contributed by atoms with E-state index in [1.54, 1.807) is 0 Å². The lowest BCUT2D eigenvalue weighted by Crippen LogP contribution is -2.37. The first kappa shape index (κ1) is 13.7. The van der Waals surface area contributed by atoms with E-state index in [0.29, 0.717) is 7.11 Å². The monoisotopic (exact) mass is 192 g/mol. The summed E-state index contributed by atoms with van der Waals surface area (Å²) in [6.07, 6.45) is -4.01. The zero-order valence-electron chi connectivity index (χ0n) is 6.35. The number of halogens is 4. The van der Waals surface area contributed by atoms with Crippen LogP contribution < -0.4 is 0 Å². The van der Waals surface area contributed by atoms with E-state index >= 15 is 0 Å². The molecule has 3 nitrogen and oxygen atoms in total. The first-order valence-corrected chi connectivity index (χ1v) is 2.62. The predicted molar refractivity (Wildman–Crippen MR) is 31.1 cm³/mol. The number of hydrogen-bond acceptors (Lipinski definition) is 3. The second kappa shape index (κ2) is 5.76. The molecule has 0 amide bonds. The van der Waals surface area contributed by atoms with Gasteiger partial charge in [0.05, 0.1) is 7.11 Å². The third kappa shape index (κ3) is 3.51. The van der Waals surface area contributed by atoms with Crippen LogP contribution in [0, 0.1) is 0 Å². The van der Waals surface area contributed by atoms with Crippen molar-refractivity contribution in [3.8, 4) is 0 Å². The van der Waals surface area contributed by atoms with Crippen LogP contribution in [-0.2, 0) is 9.53 Å². The third-order valence-electron chi connectivity index (χ3n) is 0.732. The van der Waals surface area contributed by atoms with Crippen molar-refractivity contribution in [2.45, 2.75) is 12.3 Å². The Bertz CT molecular complexity index is 137. The van der Waals surface area contributed by atoms with E-state index < -0.39 is 18.3 Å². The summed E-state index contributed by atoms with van der Waals surface area (Å²) in [7, 11) is 1.61. The number of aliphatic hydroxyl groups excluding tert-OH is 1. The molecule has 0 rings (SSSR count). The topological polar surface area (TPSA) is 46.5 Å². The van der Waals surface area contributed by atoms with Gasteiger partial charge in [0.2, 0.25) is 0 Å². The number of alkyl halides is 4. The molecule has 0 heterocycles. The van der Waals surface area contributed by atoms with E-state index in [0.717, 1.165) is 7.11 Å². The van der Waals surface area contributed by atoms with E-state index in [2.05, 4.69) is 4.74 Å². The lowest BCUT2D eigenvalue weighted by atomic mass is 10.4. The van der Waals surface area contributed by atoms with Crippen molar-refractivity contribution in [3.63, 3.8) is 0 Å². The molecular formula is C5H8F4O3. The largest absolute Gasteiger partial charge is 0.464 e. The molecule has 0 fully saturated rings. The maximum Gasteiger partial charge on any atom is 0.401 e. The van der Waals surface area contributed by atoms with Gasteiger partial charge in [0.25, 0.3) is 0 Å². The quantitative estimate of drug-likeness (QED) is 0.516. The molecule has 74 valence electrons. The second-order valence-electron chi connectivity index (χ2n) is 1.42. The fourth-order valence-corrected chi connectivity index (χ4v) is 0.225. The summed E-state index contributed by atoms with van der Waals surface area (Å²) < 4.78 is 49.2. The molecule has 0 spiro atoms. The van der Waals surface area contributed by atoms with Gasteiger partial charge in [0.1, 0.15) is 0 Å². The van der Waals surface area contributed by atoms with Crippen LogP contribution in [0.1, 0.15) is 0 Å². The van der Waals surface area contributed by atoms with Crippen molar-refractivity contribution < 1.29 is 32.2 Å². The minimum absolute atomic E-state index is 0.610. The number of carbonyl (C=O) groups excluding carboxylic acids is 1. The maximum absolute atomic E-state index is 11.7. The fourth-order valence-electron chi connectivity index (χ4n) is 0.225. The standard InChI is InChI=1S/C4H4F4O2.CH4O/c1-10-3(9)4(7,8)2(5)6;1-2/h2H,1H3;2H,1H3. The highest BCUT2D eigenvalue weighted by Crippen LogP contribution is 2.23. The van der Waals surface area contributed by atoms with E-state index in [4.69, 9.17) is 5.11 Å². The summed E-state index contributed by atoms with van der Waals surface area (Å²) in [4.78, 5) is 9.82. The van der Waals surface area contributed by atoms with Crippen molar-refractivity contribution in [2.75, 3.05) is 14.2 Å². The van der Waals surface area contributed by atoms with Crippen molar-refractivity contribution in [3.05, 3.63) is 0 Å². The Morgan fingerprint density at radius 3 is 1.83 bits per heavy atom. The summed E-state index contributed by atoms with van der Waals surface area (Å²) in [6.45, 7) is 0. The number of hydrogen-bond donors (Lipinski definition) is 1. The summed E-state index contributed by atoms with van der Waals surface area (Å²) in [5, 5.41) is 7.00. The molecule has 0 atom stereocenters. The first-order chi connectivity index (χ1) is 5.42. The Kier molecular flexibility index (Phi) is 6.58. The highest BCUT2D eigenvalue weighted by molar-refractivity contribution is 5.77. The Morgan fingerprint density at radius 1 is 1.42 bits per heavy atom. The van der Waals surface area contributed by atoms with Gasteiger partial charge in [-0.1, -0.05) is 0 Å². The van der Waals surface area contributed by atoms with Crippen molar-refractivity contribution >= 4 is 5.97 Å². The number of aliphatic hydroxyl groups is 1. The minimum atomic E-state index is -4.69. The van der Waals surface area contributed by atoms with Crippen molar-refractivity contribution in [1.29, 1.82) is 0 Å². The molecular weight excluding hydrogens is 184 g/mol. The van der Waals surface area contributed by atoms with Gasteiger partial charge in [-0.05, 0) is 0 Å². The molecule has 0 aromatic carbocycles. The smallest absolute Gasteiger partial charge is 0.401 e. The molecule has 0 unspecified atom stereocenters. The zero-order valence-corrected chi connectivity index (χ0v) is 6.35. The predicted octanol–water partition coefficient (Wildman–Crippen LogP) is 0.668. The summed E-state index contributed by atoms with van der Waals surface area (Å²) in [5.41, 5.74) is 0. The first-order valence-electron chi connectivity index (χ1n) is 2.62. The van der Waals surface area contributed by atoms with Crippen LogP contribution >= 0.6 is 0 Å². The SMILES string of the molecule is CO.COC(=O)C(F)(F)C(F)F. The average Bonchev–Trinajstić information content (AvgIpc) is 2.06. The van der Waals surface area contributed by atoms with E-state index in [1.807, 2.05) is 0 Å². The van der Waals surface area contributed by atoms with E-state index in [1.165, 1.54) is 0 Å². The Balaban J connectivity index is 0.